The van der Waals surface area contributed by atoms with Gasteiger partial charge in [0.2, 0.25) is 0 Å². The summed E-state index contributed by atoms with van der Waals surface area (Å²) in [5, 5.41) is 0.852. The van der Waals surface area contributed by atoms with Crippen LogP contribution < -0.4 is 0 Å². The van der Waals surface area contributed by atoms with Crippen molar-refractivity contribution in [1.29, 1.82) is 0 Å². The molecule has 0 amide bonds. The molecule has 0 bridgehead atoms. The van der Waals surface area contributed by atoms with E-state index in [1.54, 1.807) is 10.8 Å². The summed E-state index contributed by atoms with van der Waals surface area (Å²) in [5.74, 6) is 0. The fraction of sp³-hybridized carbons (Fsp3) is 0.0278. The molecule has 2 aromatic heterocycles. The molecular formula is C36H24N2. The normalized spacial score (nSPS) is 15.3. The Labute approximate surface area is 228 Å². The fourth-order valence-electron chi connectivity index (χ4n) is 6.36. The molecule has 38 heavy (non-hydrogen) atoms. The van der Waals surface area contributed by atoms with Crippen molar-refractivity contribution in [1.82, 2.24) is 9.55 Å². The second-order valence-corrected chi connectivity index (χ2v) is 9.62. The maximum atomic E-state index is 8.81. The van der Waals surface area contributed by atoms with E-state index in [-0.39, 0.29) is 29.9 Å². The van der Waals surface area contributed by atoms with Gasteiger partial charge < -0.3 is 4.57 Å². The van der Waals surface area contributed by atoms with E-state index in [9.17, 15) is 0 Å². The highest BCUT2D eigenvalue weighted by Gasteiger charge is 2.46. The molecule has 0 radical (unpaired) electrons. The van der Waals surface area contributed by atoms with Gasteiger partial charge in [-0.1, -0.05) is 103 Å². The highest BCUT2D eigenvalue weighted by Crippen LogP contribution is 2.57. The van der Waals surface area contributed by atoms with Crippen LogP contribution in [0.4, 0.5) is 0 Å². The largest absolute Gasteiger partial charge is 0.308 e. The van der Waals surface area contributed by atoms with Crippen LogP contribution in [0, 0.1) is 0 Å². The van der Waals surface area contributed by atoms with Crippen molar-refractivity contribution in [2.24, 2.45) is 0 Å². The van der Waals surface area contributed by atoms with Gasteiger partial charge in [-0.2, -0.15) is 0 Å². The number of hydrogen-bond donors (Lipinski definition) is 0. The quantitative estimate of drug-likeness (QED) is 0.243. The lowest BCUT2D eigenvalue weighted by molar-refractivity contribution is 0.769. The molecule has 0 fully saturated rings. The minimum atomic E-state index is -0.595. The first kappa shape index (κ1) is 16.7. The average Bonchev–Trinajstić information content (AvgIpc) is 3.53. The van der Waals surface area contributed by atoms with Gasteiger partial charge in [-0.15, -0.1) is 0 Å². The minimum Gasteiger partial charge on any atom is -0.308 e. The predicted octanol–water partition coefficient (Wildman–Crippen LogP) is 8.54. The Morgan fingerprint density at radius 2 is 1.29 bits per heavy atom. The number of fused-ring (bicyclic) bond motifs is 6. The Kier molecular flexibility index (Phi) is 3.53. The predicted molar refractivity (Wildman–Crippen MR) is 156 cm³/mol. The highest BCUT2D eigenvalue weighted by atomic mass is 15.0. The van der Waals surface area contributed by atoms with Gasteiger partial charge >= 0.3 is 0 Å². The Morgan fingerprint density at radius 3 is 2.03 bits per heavy atom. The molecule has 1 aliphatic rings. The molecule has 2 heteroatoms. The van der Waals surface area contributed by atoms with Gasteiger partial charge in [0.1, 0.15) is 0 Å². The van der Waals surface area contributed by atoms with Crippen molar-refractivity contribution in [2.75, 3.05) is 0 Å². The molecule has 0 saturated carbocycles. The third kappa shape index (κ3) is 2.75. The smallest absolute Gasteiger partial charge is 0.0963 e. The van der Waals surface area contributed by atoms with Crippen molar-refractivity contribution >= 4 is 21.9 Å². The Morgan fingerprint density at radius 1 is 0.605 bits per heavy atom. The van der Waals surface area contributed by atoms with E-state index in [1.807, 2.05) is 30.3 Å². The summed E-state index contributed by atoms with van der Waals surface area (Å²) in [7, 11) is 0. The van der Waals surface area contributed by atoms with Gasteiger partial charge in [0.25, 0.3) is 0 Å². The minimum absolute atomic E-state index is 0.114. The number of aromatic nitrogens is 2. The fourth-order valence-corrected chi connectivity index (χ4v) is 6.36. The molecule has 0 aliphatic heterocycles. The molecule has 2 nitrogen and oxygen atoms in total. The molecule has 178 valence electrons. The SMILES string of the molecule is [2H]c1c([2H])c([2H])c(-n2c3cc4c(cc3c3ncccc32)C(c2ccccc2)(c2ccccc2)c2ccccc2-4)c([2H])c1[2H]. The average molecular weight is 490 g/mol. The number of hydrogen-bond acceptors (Lipinski definition) is 1. The number of rotatable bonds is 3. The summed E-state index contributed by atoms with van der Waals surface area (Å²) in [6.07, 6.45) is 1.73. The van der Waals surface area contributed by atoms with E-state index >= 15 is 0 Å². The summed E-state index contributed by atoms with van der Waals surface area (Å²) >= 11 is 0. The molecule has 8 rings (SSSR count). The van der Waals surface area contributed by atoms with Crippen molar-refractivity contribution in [3.05, 3.63) is 168 Å². The maximum absolute atomic E-state index is 8.81. The van der Waals surface area contributed by atoms with E-state index in [0.717, 1.165) is 38.7 Å². The van der Waals surface area contributed by atoms with Crippen LogP contribution in [0.5, 0.6) is 0 Å². The lowest BCUT2D eigenvalue weighted by atomic mass is 9.67. The zero-order chi connectivity index (χ0) is 29.5. The van der Waals surface area contributed by atoms with Crippen LogP contribution in [0.1, 0.15) is 29.1 Å². The topological polar surface area (TPSA) is 17.8 Å². The third-order valence-corrected chi connectivity index (χ3v) is 7.81. The summed E-state index contributed by atoms with van der Waals surface area (Å²) in [6.45, 7) is 0. The molecular weight excluding hydrogens is 460 g/mol. The maximum Gasteiger partial charge on any atom is 0.0963 e. The van der Waals surface area contributed by atoms with E-state index in [2.05, 4.69) is 78.9 Å². The Bertz CT molecular complexity index is 2170. The summed E-state index contributed by atoms with van der Waals surface area (Å²) in [4.78, 5) is 4.77. The molecule has 0 atom stereocenters. The number of benzene rings is 5. The molecule has 0 N–H and O–H groups in total. The molecule has 0 spiro atoms. The van der Waals surface area contributed by atoms with Crippen LogP contribution in [0.3, 0.4) is 0 Å². The first-order valence-corrected chi connectivity index (χ1v) is 12.7. The standard InChI is InChI=1S/C36H24N2/c1-4-13-25(14-5-1)36(26-15-6-2-7-16-26)31-20-11-10-19-28(31)29-24-34-30(23-32(29)36)35-33(21-12-22-37-35)38(34)27-17-8-3-9-18-27/h1-24H/i3D,8D,9D,17D,18D. The third-order valence-electron chi connectivity index (χ3n) is 7.81. The number of pyridine rings is 1. The van der Waals surface area contributed by atoms with Crippen molar-refractivity contribution in [3.8, 4) is 16.8 Å². The second kappa shape index (κ2) is 8.03. The Balaban J connectivity index is 1.57. The van der Waals surface area contributed by atoms with Crippen LogP contribution in [0.2, 0.25) is 0 Å². The van der Waals surface area contributed by atoms with E-state index in [1.165, 1.54) is 5.56 Å². The lowest BCUT2D eigenvalue weighted by Crippen LogP contribution is -2.28. The van der Waals surface area contributed by atoms with Crippen molar-refractivity contribution < 1.29 is 6.85 Å². The van der Waals surface area contributed by atoms with Crippen molar-refractivity contribution in [2.45, 2.75) is 5.41 Å². The number of para-hydroxylation sites is 1. The van der Waals surface area contributed by atoms with Gasteiger partial charge in [0.15, 0.2) is 0 Å². The number of nitrogens with zero attached hydrogens (tertiary/aromatic N) is 2. The van der Waals surface area contributed by atoms with Crippen LogP contribution in [-0.4, -0.2) is 9.55 Å². The van der Waals surface area contributed by atoms with Gasteiger partial charge in [0.05, 0.1) is 28.8 Å². The molecule has 5 aromatic carbocycles. The Hall–Kier alpha value is -4.95. The van der Waals surface area contributed by atoms with E-state index < -0.39 is 11.5 Å². The summed E-state index contributed by atoms with van der Waals surface area (Å²) in [6, 6.07) is 35.9. The monoisotopic (exact) mass is 489 g/mol. The summed E-state index contributed by atoms with van der Waals surface area (Å²) in [5.41, 5.74) is 8.35. The van der Waals surface area contributed by atoms with Gasteiger partial charge in [-0.25, -0.2) is 0 Å². The van der Waals surface area contributed by atoms with Crippen LogP contribution in [0.25, 0.3) is 38.8 Å². The summed E-state index contributed by atoms with van der Waals surface area (Å²) < 4.78 is 44.3. The molecule has 1 aliphatic carbocycles. The van der Waals surface area contributed by atoms with Gasteiger partial charge in [-0.3, -0.25) is 4.98 Å². The van der Waals surface area contributed by atoms with Gasteiger partial charge in [-0.05, 0) is 69.7 Å². The first-order valence-electron chi connectivity index (χ1n) is 15.2. The lowest BCUT2D eigenvalue weighted by Gasteiger charge is -2.33. The van der Waals surface area contributed by atoms with Crippen molar-refractivity contribution in [3.63, 3.8) is 0 Å². The van der Waals surface area contributed by atoms with Crippen LogP contribution in [0.15, 0.2) is 146 Å². The highest BCUT2D eigenvalue weighted by molar-refractivity contribution is 6.10. The zero-order valence-electron chi connectivity index (χ0n) is 25.4. The molecule has 2 heterocycles. The van der Waals surface area contributed by atoms with Crippen LogP contribution >= 0.6 is 0 Å². The molecule has 7 aromatic rings. The van der Waals surface area contributed by atoms with E-state index in [4.69, 9.17) is 11.8 Å². The van der Waals surface area contributed by atoms with E-state index in [0.29, 0.717) is 11.0 Å². The van der Waals surface area contributed by atoms with Crippen LogP contribution in [-0.2, 0) is 5.41 Å². The molecule has 0 saturated heterocycles. The second-order valence-electron chi connectivity index (χ2n) is 9.62. The zero-order valence-corrected chi connectivity index (χ0v) is 20.4. The van der Waals surface area contributed by atoms with Gasteiger partial charge in [0, 0.05) is 17.3 Å². The first-order chi connectivity index (χ1) is 20.9. The molecule has 0 unspecified atom stereocenters.